The van der Waals surface area contributed by atoms with Crippen LogP contribution in [-0.2, 0) is 20.7 Å². The van der Waals surface area contributed by atoms with Gasteiger partial charge in [0.15, 0.2) is 18.1 Å². The van der Waals surface area contributed by atoms with E-state index in [1.807, 2.05) is 24.3 Å². The number of carbonyl (C=O) groups excluding carboxylic acids is 2. The van der Waals surface area contributed by atoms with E-state index in [4.69, 9.17) is 23.7 Å². The summed E-state index contributed by atoms with van der Waals surface area (Å²) in [5.41, 5.74) is 1.63. The quantitative estimate of drug-likeness (QED) is 0.534. The van der Waals surface area contributed by atoms with Crippen molar-refractivity contribution in [2.75, 3.05) is 35.0 Å². The molecule has 1 aliphatic rings. The number of amides is 1. The molecule has 32 heavy (non-hydrogen) atoms. The molecule has 1 atom stereocenters. The zero-order chi connectivity index (χ0) is 23.1. The maximum atomic E-state index is 12.5. The van der Waals surface area contributed by atoms with Crippen LogP contribution in [0.25, 0.3) is 0 Å². The molecule has 1 amide bonds. The molecular weight excluding hydrogens is 414 g/mol. The van der Waals surface area contributed by atoms with Gasteiger partial charge in [-0.25, -0.2) is 0 Å². The number of hydrogen-bond donors (Lipinski definition) is 1. The Morgan fingerprint density at radius 2 is 1.56 bits per heavy atom. The van der Waals surface area contributed by atoms with Gasteiger partial charge in [0.2, 0.25) is 5.75 Å². The molecule has 0 spiro atoms. The Kier molecular flexibility index (Phi) is 7.81. The number of methoxy groups -OCH3 is 4. The van der Waals surface area contributed by atoms with E-state index in [0.29, 0.717) is 28.7 Å². The number of hydrogen-bond acceptors (Lipinski definition) is 7. The largest absolute Gasteiger partial charge is 0.497 e. The third-order valence-corrected chi connectivity index (χ3v) is 5.32. The molecule has 1 fully saturated rings. The second-order valence-electron chi connectivity index (χ2n) is 7.53. The summed E-state index contributed by atoms with van der Waals surface area (Å²) in [7, 11) is 6.13. The summed E-state index contributed by atoms with van der Waals surface area (Å²) in [5.74, 6) is 1.62. The SMILES string of the molecule is COc1ccc(C(NC(=O)COC(=O)Cc2cc(OC)c(OC)c(OC)c2)C2CC2)cc1. The second-order valence-corrected chi connectivity index (χ2v) is 7.53. The lowest BCUT2D eigenvalue weighted by molar-refractivity contribution is -0.148. The van der Waals surface area contributed by atoms with Crippen molar-refractivity contribution >= 4 is 11.9 Å². The first-order valence-electron chi connectivity index (χ1n) is 10.4. The van der Waals surface area contributed by atoms with Crippen LogP contribution in [0.3, 0.4) is 0 Å². The number of rotatable bonds is 11. The molecule has 2 aromatic carbocycles. The molecule has 0 saturated heterocycles. The van der Waals surface area contributed by atoms with Crippen LogP contribution in [0, 0.1) is 5.92 Å². The summed E-state index contributed by atoms with van der Waals surface area (Å²) in [6.45, 7) is -0.345. The van der Waals surface area contributed by atoms with E-state index in [9.17, 15) is 9.59 Å². The Morgan fingerprint density at radius 3 is 2.06 bits per heavy atom. The van der Waals surface area contributed by atoms with Crippen LogP contribution in [0.5, 0.6) is 23.0 Å². The lowest BCUT2D eigenvalue weighted by Gasteiger charge is -2.19. The minimum Gasteiger partial charge on any atom is -0.497 e. The van der Waals surface area contributed by atoms with Crippen molar-refractivity contribution in [1.82, 2.24) is 5.32 Å². The highest BCUT2D eigenvalue weighted by Gasteiger charge is 2.33. The average Bonchev–Trinajstić information content (AvgIpc) is 3.66. The summed E-state index contributed by atoms with van der Waals surface area (Å²) in [5, 5.41) is 2.99. The van der Waals surface area contributed by atoms with Crippen LogP contribution >= 0.6 is 0 Å². The number of esters is 1. The summed E-state index contributed by atoms with van der Waals surface area (Å²) < 4.78 is 26.3. The monoisotopic (exact) mass is 443 g/mol. The van der Waals surface area contributed by atoms with Gasteiger partial charge >= 0.3 is 5.97 Å². The molecule has 172 valence electrons. The Hall–Kier alpha value is -3.42. The molecule has 0 aromatic heterocycles. The topological polar surface area (TPSA) is 92.3 Å². The van der Waals surface area contributed by atoms with Gasteiger partial charge in [-0.3, -0.25) is 9.59 Å². The third kappa shape index (κ3) is 5.84. The maximum absolute atomic E-state index is 12.5. The van der Waals surface area contributed by atoms with Crippen LogP contribution < -0.4 is 24.3 Å². The van der Waals surface area contributed by atoms with Gasteiger partial charge in [0.05, 0.1) is 40.9 Å². The van der Waals surface area contributed by atoms with E-state index in [2.05, 4.69) is 5.32 Å². The minimum atomic E-state index is -0.526. The van der Waals surface area contributed by atoms with Crippen LogP contribution in [0.4, 0.5) is 0 Å². The van der Waals surface area contributed by atoms with Gasteiger partial charge in [0.1, 0.15) is 5.75 Å². The summed E-state index contributed by atoms with van der Waals surface area (Å²) >= 11 is 0. The zero-order valence-corrected chi connectivity index (χ0v) is 18.8. The molecule has 1 unspecified atom stereocenters. The Bertz CT molecular complexity index is 913. The van der Waals surface area contributed by atoms with Gasteiger partial charge < -0.3 is 29.0 Å². The first-order valence-corrected chi connectivity index (χ1v) is 10.4. The van der Waals surface area contributed by atoms with E-state index >= 15 is 0 Å². The van der Waals surface area contributed by atoms with Gasteiger partial charge in [0.25, 0.3) is 5.91 Å². The predicted molar refractivity (Wildman–Crippen MR) is 117 cm³/mol. The molecule has 1 saturated carbocycles. The normalized spacial score (nSPS) is 13.6. The highest BCUT2D eigenvalue weighted by Crippen LogP contribution is 2.41. The molecule has 1 aliphatic carbocycles. The molecule has 8 nitrogen and oxygen atoms in total. The second kappa shape index (κ2) is 10.7. The first-order chi connectivity index (χ1) is 15.5. The van der Waals surface area contributed by atoms with Crippen molar-refractivity contribution in [2.24, 2.45) is 5.92 Å². The fourth-order valence-corrected chi connectivity index (χ4v) is 3.53. The predicted octanol–water partition coefficient (Wildman–Crippen LogP) is 3.07. The summed E-state index contributed by atoms with van der Waals surface area (Å²) in [6.07, 6.45) is 2.07. The van der Waals surface area contributed by atoms with Crippen molar-refractivity contribution in [1.29, 1.82) is 0 Å². The number of ether oxygens (including phenoxy) is 5. The minimum absolute atomic E-state index is 0.0332. The van der Waals surface area contributed by atoms with Gasteiger partial charge in [-0.05, 0) is 54.2 Å². The summed E-state index contributed by atoms with van der Waals surface area (Å²) in [6, 6.07) is 10.9. The fraction of sp³-hybridized carbons (Fsp3) is 0.417. The van der Waals surface area contributed by atoms with Crippen LogP contribution in [0.2, 0.25) is 0 Å². The standard InChI is InChI=1S/C24H29NO7/c1-28-18-9-7-17(8-10-18)23(16-5-6-16)25-21(26)14-32-22(27)13-15-11-19(29-2)24(31-4)20(12-15)30-3/h7-12,16,23H,5-6,13-14H2,1-4H3,(H,25,26). The van der Waals surface area contributed by atoms with Crippen molar-refractivity contribution in [3.63, 3.8) is 0 Å². The maximum Gasteiger partial charge on any atom is 0.310 e. The van der Waals surface area contributed by atoms with Gasteiger partial charge in [-0.2, -0.15) is 0 Å². The van der Waals surface area contributed by atoms with Crippen molar-refractivity contribution in [2.45, 2.75) is 25.3 Å². The van der Waals surface area contributed by atoms with Crippen molar-refractivity contribution in [3.8, 4) is 23.0 Å². The van der Waals surface area contributed by atoms with E-state index in [-0.39, 0.29) is 25.0 Å². The molecule has 0 heterocycles. The lowest BCUT2D eigenvalue weighted by atomic mass is 10.0. The van der Waals surface area contributed by atoms with Crippen LogP contribution in [0.15, 0.2) is 36.4 Å². The molecule has 0 bridgehead atoms. The van der Waals surface area contributed by atoms with Gasteiger partial charge in [-0.1, -0.05) is 12.1 Å². The first kappa shape index (κ1) is 23.2. The van der Waals surface area contributed by atoms with Gasteiger partial charge in [-0.15, -0.1) is 0 Å². The lowest BCUT2D eigenvalue weighted by Crippen LogP contribution is -2.33. The Balaban J connectivity index is 1.56. The molecule has 0 aliphatic heterocycles. The molecule has 2 aromatic rings. The number of nitrogens with one attached hydrogen (secondary N) is 1. The average molecular weight is 443 g/mol. The Labute approximate surface area is 187 Å². The van der Waals surface area contributed by atoms with Crippen molar-refractivity contribution < 1.29 is 33.3 Å². The van der Waals surface area contributed by atoms with E-state index in [0.717, 1.165) is 24.2 Å². The Morgan fingerprint density at radius 1 is 0.938 bits per heavy atom. The number of carbonyl (C=O) groups is 2. The van der Waals surface area contributed by atoms with E-state index < -0.39 is 5.97 Å². The highest BCUT2D eigenvalue weighted by molar-refractivity contribution is 5.81. The van der Waals surface area contributed by atoms with Crippen LogP contribution in [-0.4, -0.2) is 46.9 Å². The van der Waals surface area contributed by atoms with Crippen LogP contribution in [0.1, 0.15) is 30.0 Å². The third-order valence-electron chi connectivity index (χ3n) is 5.32. The van der Waals surface area contributed by atoms with Gasteiger partial charge in [0, 0.05) is 0 Å². The van der Waals surface area contributed by atoms with E-state index in [1.54, 1.807) is 19.2 Å². The zero-order valence-electron chi connectivity index (χ0n) is 18.8. The van der Waals surface area contributed by atoms with E-state index in [1.165, 1.54) is 21.3 Å². The highest BCUT2D eigenvalue weighted by atomic mass is 16.5. The molecule has 0 radical (unpaired) electrons. The molecular formula is C24H29NO7. The summed E-state index contributed by atoms with van der Waals surface area (Å²) in [4.78, 5) is 24.8. The number of benzene rings is 2. The smallest absolute Gasteiger partial charge is 0.310 e. The molecule has 3 rings (SSSR count). The molecule has 1 N–H and O–H groups in total. The fourth-order valence-electron chi connectivity index (χ4n) is 3.53. The van der Waals surface area contributed by atoms with Crippen molar-refractivity contribution in [3.05, 3.63) is 47.5 Å². The molecule has 8 heteroatoms.